The molecule has 178 valence electrons. The maximum Gasteiger partial charge on any atom is 0.253 e. The highest BCUT2D eigenvalue weighted by Crippen LogP contribution is 2.25. The Labute approximate surface area is 195 Å². The first-order valence-electron chi connectivity index (χ1n) is 11.1. The molecule has 2 N–H and O–H groups in total. The minimum absolute atomic E-state index is 0.0398. The first kappa shape index (κ1) is 24.5. The Kier molecular flexibility index (Phi) is 8.62. The fourth-order valence-corrected chi connectivity index (χ4v) is 3.68. The van der Waals surface area contributed by atoms with Crippen LogP contribution in [0, 0.1) is 0 Å². The van der Waals surface area contributed by atoms with E-state index in [0.29, 0.717) is 43.3 Å². The van der Waals surface area contributed by atoms with E-state index in [4.69, 9.17) is 9.47 Å². The van der Waals surface area contributed by atoms with Crippen LogP contribution in [-0.2, 0) is 9.47 Å². The SMILES string of the molecule is COC(CNC(=O)c1ccc(C(=O)N2CCN(c3ncccc3NC(C)C)CC2)cc1)OC. The van der Waals surface area contributed by atoms with Gasteiger partial charge in [-0.3, -0.25) is 9.59 Å². The molecule has 2 aromatic rings. The van der Waals surface area contributed by atoms with Gasteiger partial charge < -0.3 is 29.9 Å². The van der Waals surface area contributed by atoms with Gasteiger partial charge in [0.1, 0.15) is 0 Å². The average molecular weight is 456 g/mol. The van der Waals surface area contributed by atoms with Crippen molar-refractivity contribution in [3.63, 3.8) is 0 Å². The quantitative estimate of drug-likeness (QED) is 0.560. The molecular weight excluding hydrogens is 422 g/mol. The average Bonchev–Trinajstić information content (AvgIpc) is 2.84. The molecule has 1 aromatic heterocycles. The van der Waals surface area contributed by atoms with Gasteiger partial charge in [-0.1, -0.05) is 0 Å². The van der Waals surface area contributed by atoms with Crippen molar-refractivity contribution in [2.45, 2.75) is 26.2 Å². The highest BCUT2D eigenvalue weighted by Gasteiger charge is 2.24. The Morgan fingerprint density at radius 1 is 1.00 bits per heavy atom. The normalized spacial score (nSPS) is 14.0. The van der Waals surface area contributed by atoms with Gasteiger partial charge in [0.05, 0.1) is 12.2 Å². The van der Waals surface area contributed by atoms with E-state index in [-0.39, 0.29) is 18.4 Å². The zero-order valence-corrected chi connectivity index (χ0v) is 19.7. The molecule has 9 heteroatoms. The van der Waals surface area contributed by atoms with Crippen LogP contribution in [0.3, 0.4) is 0 Å². The first-order valence-corrected chi connectivity index (χ1v) is 11.1. The molecule has 2 amide bonds. The van der Waals surface area contributed by atoms with E-state index in [1.807, 2.05) is 17.0 Å². The van der Waals surface area contributed by atoms with Crippen LogP contribution in [-0.4, -0.2) is 81.0 Å². The monoisotopic (exact) mass is 455 g/mol. The van der Waals surface area contributed by atoms with Crippen molar-refractivity contribution >= 4 is 23.3 Å². The van der Waals surface area contributed by atoms with Gasteiger partial charge in [-0.25, -0.2) is 4.98 Å². The van der Waals surface area contributed by atoms with Crippen LogP contribution in [0.15, 0.2) is 42.6 Å². The van der Waals surface area contributed by atoms with Gasteiger partial charge >= 0.3 is 0 Å². The summed E-state index contributed by atoms with van der Waals surface area (Å²) in [5, 5.41) is 6.18. The Morgan fingerprint density at radius 3 is 2.24 bits per heavy atom. The third-order valence-corrected chi connectivity index (χ3v) is 5.45. The number of carbonyl (C=O) groups excluding carboxylic acids is 2. The van der Waals surface area contributed by atoms with Crippen molar-refractivity contribution in [2.24, 2.45) is 0 Å². The number of carbonyl (C=O) groups is 2. The fraction of sp³-hybridized carbons (Fsp3) is 0.458. The van der Waals surface area contributed by atoms with Gasteiger partial charge in [-0.15, -0.1) is 0 Å². The predicted octanol–water partition coefficient (Wildman–Crippen LogP) is 2.21. The highest BCUT2D eigenvalue weighted by atomic mass is 16.7. The summed E-state index contributed by atoms with van der Waals surface area (Å²) in [5.41, 5.74) is 2.04. The lowest BCUT2D eigenvalue weighted by atomic mass is 10.1. The van der Waals surface area contributed by atoms with Crippen LogP contribution in [0.4, 0.5) is 11.5 Å². The molecule has 2 heterocycles. The molecule has 0 spiro atoms. The molecule has 1 aliphatic heterocycles. The van der Waals surface area contributed by atoms with Gasteiger partial charge in [-0.05, 0) is 50.2 Å². The summed E-state index contributed by atoms with van der Waals surface area (Å²) in [4.78, 5) is 33.9. The maximum absolute atomic E-state index is 13.0. The molecule has 1 aromatic carbocycles. The van der Waals surface area contributed by atoms with Crippen LogP contribution in [0.5, 0.6) is 0 Å². The molecule has 1 aliphatic rings. The van der Waals surface area contributed by atoms with E-state index >= 15 is 0 Å². The molecule has 0 unspecified atom stereocenters. The Balaban J connectivity index is 1.56. The number of rotatable bonds is 9. The van der Waals surface area contributed by atoms with Gasteiger partial charge in [-0.2, -0.15) is 0 Å². The lowest BCUT2D eigenvalue weighted by molar-refractivity contribution is -0.0974. The summed E-state index contributed by atoms with van der Waals surface area (Å²) in [5.74, 6) is 0.628. The number of piperazine rings is 1. The molecule has 0 bridgehead atoms. The number of anilines is 2. The van der Waals surface area contributed by atoms with E-state index < -0.39 is 6.29 Å². The van der Waals surface area contributed by atoms with Crippen LogP contribution in [0.2, 0.25) is 0 Å². The summed E-state index contributed by atoms with van der Waals surface area (Å²) in [6, 6.07) is 11.0. The second-order valence-electron chi connectivity index (χ2n) is 8.14. The zero-order chi connectivity index (χ0) is 23.8. The minimum Gasteiger partial charge on any atom is -0.380 e. The first-order chi connectivity index (χ1) is 15.9. The Bertz CT molecular complexity index is 923. The van der Waals surface area contributed by atoms with Gasteiger partial charge in [0.25, 0.3) is 11.8 Å². The van der Waals surface area contributed by atoms with E-state index in [0.717, 1.165) is 11.5 Å². The van der Waals surface area contributed by atoms with E-state index in [9.17, 15) is 9.59 Å². The van der Waals surface area contributed by atoms with Crippen LogP contribution in [0.1, 0.15) is 34.6 Å². The van der Waals surface area contributed by atoms with E-state index in [2.05, 4.69) is 34.4 Å². The summed E-state index contributed by atoms with van der Waals surface area (Å²) in [6.07, 6.45) is 1.29. The molecule has 9 nitrogen and oxygen atoms in total. The van der Waals surface area contributed by atoms with Crippen molar-refractivity contribution < 1.29 is 19.1 Å². The highest BCUT2D eigenvalue weighted by molar-refractivity contribution is 5.98. The topological polar surface area (TPSA) is 96.0 Å². The van der Waals surface area contributed by atoms with Crippen molar-refractivity contribution in [2.75, 3.05) is 57.2 Å². The van der Waals surface area contributed by atoms with Crippen molar-refractivity contribution in [1.82, 2.24) is 15.2 Å². The third-order valence-electron chi connectivity index (χ3n) is 5.45. The molecule has 0 aliphatic carbocycles. The molecule has 3 rings (SSSR count). The number of pyridine rings is 1. The lowest BCUT2D eigenvalue weighted by Gasteiger charge is -2.36. The van der Waals surface area contributed by atoms with Crippen LogP contribution < -0.4 is 15.5 Å². The number of hydrogen-bond acceptors (Lipinski definition) is 7. The summed E-state index contributed by atoms with van der Waals surface area (Å²) < 4.78 is 10.1. The van der Waals surface area contributed by atoms with Gasteiger partial charge in [0.2, 0.25) is 0 Å². The number of nitrogens with one attached hydrogen (secondary N) is 2. The molecule has 33 heavy (non-hydrogen) atoms. The van der Waals surface area contributed by atoms with E-state index in [1.54, 1.807) is 30.5 Å². The summed E-state index contributed by atoms with van der Waals surface area (Å²) in [7, 11) is 3.02. The van der Waals surface area contributed by atoms with Crippen molar-refractivity contribution in [3.05, 3.63) is 53.7 Å². The number of amides is 2. The predicted molar refractivity (Wildman–Crippen MR) is 128 cm³/mol. The number of benzene rings is 1. The summed E-state index contributed by atoms with van der Waals surface area (Å²) >= 11 is 0. The fourth-order valence-electron chi connectivity index (χ4n) is 3.68. The molecule has 0 radical (unpaired) electrons. The molecular formula is C24H33N5O4. The van der Waals surface area contributed by atoms with Crippen molar-refractivity contribution in [1.29, 1.82) is 0 Å². The van der Waals surface area contributed by atoms with Crippen molar-refractivity contribution in [3.8, 4) is 0 Å². The number of methoxy groups -OCH3 is 2. The van der Waals surface area contributed by atoms with Crippen LogP contribution >= 0.6 is 0 Å². The Hall–Kier alpha value is -3.17. The zero-order valence-electron chi connectivity index (χ0n) is 19.7. The summed E-state index contributed by atoms with van der Waals surface area (Å²) in [6.45, 7) is 7.05. The maximum atomic E-state index is 13.0. The lowest BCUT2D eigenvalue weighted by Crippen LogP contribution is -2.49. The Morgan fingerprint density at radius 2 is 1.64 bits per heavy atom. The van der Waals surface area contributed by atoms with E-state index in [1.165, 1.54) is 14.2 Å². The molecule has 1 fully saturated rings. The second kappa shape index (κ2) is 11.6. The number of aromatic nitrogens is 1. The minimum atomic E-state index is -0.503. The van der Waals surface area contributed by atoms with Gasteiger partial charge in [0.15, 0.2) is 12.1 Å². The molecule has 0 saturated carbocycles. The molecule has 1 saturated heterocycles. The second-order valence-corrected chi connectivity index (χ2v) is 8.14. The molecule has 0 atom stereocenters. The van der Waals surface area contributed by atoms with Gasteiger partial charge in [0, 0.05) is 63.8 Å². The number of ether oxygens (including phenoxy) is 2. The number of hydrogen-bond donors (Lipinski definition) is 2. The smallest absolute Gasteiger partial charge is 0.253 e. The third kappa shape index (κ3) is 6.43. The van der Waals surface area contributed by atoms with Crippen LogP contribution in [0.25, 0.3) is 0 Å². The number of nitrogens with zero attached hydrogens (tertiary/aromatic N) is 3. The standard InChI is InChI=1S/C24H33N5O4/c1-17(2)27-20-6-5-11-25-22(20)28-12-14-29(15-13-28)24(31)19-9-7-18(8-10-19)23(30)26-16-21(32-3)33-4/h5-11,17,21,27H,12-16H2,1-4H3,(H,26,30). The largest absolute Gasteiger partial charge is 0.380 e.